The molecule has 0 radical (unpaired) electrons. The number of nitrogens with one attached hydrogen (secondary N) is 1. The zero-order valence-electron chi connectivity index (χ0n) is 15.8. The number of thioether (sulfide) groups is 1. The van der Waals surface area contributed by atoms with Crippen molar-refractivity contribution in [3.8, 4) is 11.3 Å². The van der Waals surface area contributed by atoms with Gasteiger partial charge in [-0.1, -0.05) is 58.4 Å². The number of benzene rings is 3. The minimum atomic E-state index is -0.408. The van der Waals surface area contributed by atoms with Crippen LogP contribution in [0, 0.1) is 0 Å². The van der Waals surface area contributed by atoms with Crippen LogP contribution in [0.1, 0.15) is 10.8 Å². The first kappa shape index (κ1) is 20.7. The molecule has 0 saturated heterocycles. The maximum Gasteiger partial charge on any atom is 0.244 e. The molecule has 3 aromatic carbocycles. The highest BCUT2D eigenvalue weighted by atomic mass is 79.9. The van der Waals surface area contributed by atoms with Gasteiger partial charge in [-0.2, -0.15) is 0 Å². The van der Waals surface area contributed by atoms with E-state index in [4.69, 9.17) is 5.73 Å². The largest absolute Gasteiger partial charge is 0.399 e. The van der Waals surface area contributed by atoms with Gasteiger partial charge in [0.25, 0.3) is 0 Å². The summed E-state index contributed by atoms with van der Waals surface area (Å²) >= 11 is 6.34. The van der Waals surface area contributed by atoms with Gasteiger partial charge in [0.1, 0.15) is 5.25 Å². The number of carbonyl (C=O) groups excluding carboxylic acids is 1. The van der Waals surface area contributed by atoms with Gasteiger partial charge >= 0.3 is 0 Å². The highest BCUT2D eigenvalue weighted by Crippen LogP contribution is 2.37. The first-order valence-electron chi connectivity index (χ1n) is 9.18. The van der Waals surface area contributed by atoms with Gasteiger partial charge in [0, 0.05) is 26.0 Å². The zero-order chi connectivity index (χ0) is 20.9. The van der Waals surface area contributed by atoms with Crippen molar-refractivity contribution in [3.05, 3.63) is 94.3 Å². The maximum absolute atomic E-state index is 13.2. The molecule has 1 aromatic heterocycles. The van der Waals surface area contributed by atoms with Crippen LogP contribution in [-0.4, -0.2) is 10.9 Å². The molecular formula is C23H18BrN3OS2. The molecule has 0 aliphatic carbocycles. The zero-order valence-corrected chi connectivity index (χ0v) is 19.0. The van der Waals surface area contributed by atoms with E-state index in [1.54, 1.807) is 0 Å². The number of aromatic nitrogens is 1. The number of hydrogen-bond donors (Lipinski definition) is 2. The Morgan fingerprint density at radius 2 is 1.70 bits per heavy atom. The molecule has 0 saturated carbocycles. The van der Waals surface area contributed by atoms with E-state index in [9.17, 15) is 4.79 Å². The third-order valence-corrected chi connectivity index (χ3v) is 6.90. The van der Waals surface area contributed by atoms with Crippen LogP contribution in [0.4, 0.5) is 10.8 Å². The smallest absolute Gasteiger partial charge is 0.244 e. The summed E-state index contributed by atoms with van der Waals surface area (Å²) in [5, 5.41) is 5.11. The van der Waals surface area contributed by atoms with Crippen molar-refractivity contribution in [1.29, 1.82) is 0 Å². The fourth-order valence-electron chi connectivity index (χ4n) is 2.84. The first-order chi connectivity index (χ1) is 14.6. The molecule has 0 spiro atoms. The summed E-state index contributed by atoms with van der Waals surface area (Å²) in [4.78, 5) is 18.7. The van der Waals surface area contributed by atoms with E-state index >= 15 is 0 Å². The Kier molecular flexibility index (Phi) is 6.52. The normalized spacial score (nSPS) is 11.8. The van der Waals surface area contributed by atoms with Crippen LogP contribution in [-0.2, 0) is 4.79 Å². The molecule has 1 heterocycles. The summed E-state index contributed by atoms with van der Waals surface area (Å²) < 4.78 is 1.01. The number of nitrogens with two attached hydrogens (primary N) is 1. The minimum Gasteiger partial charge on any atom is -0.399 e. The maximum atomic E-state index is 13.2. The monoisotopic (exact) mass is 495 g/mol. The van der Waals surface area contributed by atoms with Crippen LogP contribution >= 0.6 is 39.0 Å². The van der Waals surface area contributed by atoms with Crippen LogP contribution < -0.4 is 11.1 Å². The Labute approximate surface area is 191 Å². The number of thiazole rings is 1. The Morgan fingerprint density at radius 3 is 2.40 bits per heavy atom. The van der Waals surface area contributed by atoms with E-state index in [0.29, 0.717) is 10.8 Å². The molecule has 30 heavy (non-hydrogen) atoms. The molecule has 0 bridgehead atoms. The molecule has 1 atom stereocenters. The van der Waals surface area contributed by atoms with Crippen molar-refractivity contribution in [3.63, 3.8) is 0 Å². The summed E-state index contributed by atoms with van der Waals surface area (Å²) in [5.41, 5.74) is 9.26. The number of anilines is 2. The molecule has 1 amide bonds. The Hall–Kier alpha value is -2.61. The fourth-order valence-corrected chi connectivity index (χ4v) is 4.85. The summed E-state index contributed by atoms with van der Waals surface area (Å²) in [6.07, 6.45) is 0. The predicted molar refractivity (Wildman–Crippen MR) is 130 cm³/mol. The number of rotatable bonds is 6. The second kappa shape index (κ2) is 9.47. The average Bonchev–Trinajstić information content (AvgIpc) is 3.22. The molecule has 1 unspecified atom stereocenters. The van der Waals surface area contributed by atoms with Gasteiger partial charge in [-0.15, -0.1) is 23.1 Å². The van der Waals surface area contributed by atoms with Crippen LogP contribution in [0.25, 0.3) is 11.3 Å². The van der Waals surface area contributed by atoms with E-state index in [2.05, 4.69) is 26.2 Å². The SMILES string of the molecule is Nc1ccc(SC(C(=O)Nc2nc(-c3ccc(Br)cc3)cs2)c2ccccc2)cc1. The summed E-state index contributed by atoms with van der Waals surface area (Å²) in [7, 11) is 0. The van der Waals surface area contributed by atoms with Gasteiger partial charge < -0.3 is 11.1 Å². The first-order valence-corrected chi connectivity index (χ1v) is 11.7. The van der Waals surface area contributed by atoms with Gasteiger partial charge in [0.15, 0.2) is 5.13 Å². The molecule has 4 aromatic rings. The van der Waals surface area contributed by atoms with Crippen LogP contribution in [0.2, 0.25) is 0 Å². The molecule has 0 aliphatic heterocycles. The lowest BCUT2D eigenvalue weighted by Gasteiger charge is -2.16. The van der Waals surface area contributed by atoms with Gasteiger partial charge in [0.2, 0.25) is 5.91 Å². The summed E-state index contributed by atoms with van der Waals surface area (Å²) in [6, 6.07) is 25.2. The van der Waals surface area contributed by atoms with Crippen LogP contribution in [0.3, 0.4) is 0 Å². The Bertz CT molecular complexity index is 1130. The van der Waals surface area contributed by atoms with Crippen molar-refractivity contribution in [2.75, 3.05) is 11.1 Å². The second-order valence-electron chi connectivity index (χ2n) is 6.51. The number of halogens is 1. The second-order valence-corrected chi connectivity index (χ2v) is 9.46. The Balaban J connectivity index is 1.54. The average molecular weight is 496 g/mol. The molecule has 0 fully saturated rings. The van der Waals surface area contributed by atoms with Crippen molar-refractivity contribution < 1.29 is 4.79 Å². The van der Waals surface area contributed by atoms with E-state index in [1.165, 1.54) is 23.1 Å². The molecule has 7 heteroatoms. The fraction of sp³-hybridized carbons (Fsp3) is 0.0435. The molecule has 4 rings (SSSR count). The third kappa shape index (κ3) is 5.11. The number of nitrogens with zero attached hydrogens (tertiary/aromatic N) is 1. The number of nitrogen functional groups attached to an aromatic ring is 1. The van der Waals surface area contributed by atoms with Gasteiger partial charge in [0.05, 0.1) is 5.69 Å². The topological polar surface area (TPSA) is 68.0 Å². The van der Waals surface area contributed by atoms with Gasteiger partial charge in [-0.25, -0.2) is 4.98 Å². The lowest BCUT2D eigenvalue weighted by molar-refractivity contribution is -0.115. The van der Waals surface area contributed by atoms with Crippen molar-refractivity contribution in [2.45, 2.75) is 10.1 Å². The Morgan fingerprint density at radius 1 is 1.00 bits per heavy atom. The predicted octanol–water partition coefficient (Wildman–Crippen LogP) is 6.63. The number of hydrogen-bond acceptors (Lipinski definition) is 5. The van der Waals surface area contributed by atoms with E-state index < -0.39 is 5.25 Å². The molecule has 0 aliphatic rings. The summed E-state index contributed by atoms with van der Waals surface area (Å²) in [6.45, 7) is 0. The molecule has 150 valence electrons. The van der Waals surface area contributed by atoms with E-state index in [0.717, 1.165) is 26.2 Å². The van der Waals surface area contributed by atoms with Gasteiger partial charge in [-0.05, 0) is 42.0 Å². The van der Waals surface area contributed by atoms with Crippen LogP contribution in [0.5, 0.6) is 0 Å². The van der Waals surface area contributed by atoms with E-state index in [1.807, 2.05) is 84.2 Å². The van der Waals surface area contributed by atoms with Crippen molar-refractivity contribution >= 4 is 55.8 Å². The third-order valence-electron chi connectivity index (χ3n) is 4.35. The van der Waals surface area contributed by atoms with E-state index in [-0.39, 0.29) is 5.91 Å². The quantitative estimate of drug-likeness (QED) is 0.232. The standard InChI is InChI=1S/C23H18BrN3OS2/c24-17-8-6-15(7-9-17)20-14-29-23(26-20)27-22(28)21(16-4-2-1-3-5-16)30-19-12-10-18(25)11-13-19/h1-14,21H,25H2,(H,26,27,28). The summed E-state index contributed by atoms with van der Waals surface area (Å²) in [5.74, 6) is -0.111. The molecule has 4 nitrogen and oxygen atoms in total. The van der Waals surface area contributed by atoms with Crippen molar-refractivity contribution in [2.24, 2.45) is 0 Å². The van der Waals surface area contributed by atoms with Gasteiger partial charge in [-0.3, -0.25) is 4.79 Å². The molecular weight excluding hydrogens is 478 g/mol. The lowest BCUT2D eigenvalue weighted by atomic mass is 10.1. The number of carbonyl (C=O) groups is 1. The highest BCUT2D eigenvalue weighted by Gasteiger charge is 2.23. The van der Waals surface area contributed by atoms with Crippen molar-refractivity contribution in [1.82, 2.24) is 4.98 Å². The lowest BCUT2D eigenvalue weighted by Crippen LogP contribution is -2.18. The number of amides is 1. The highest BCUT2D eigenvalue weighted by molar-refractivity contribution is 9.10. The van der Waals surface area contributed by atoms with Crippen LogP contribution in [0.15, 0.2) is 93.6 Å². The molecule has 3 N–H and O–H groups in total. The minimum absolute atomic E-state index is 0.111.